The number of halogens is 2. The number of Topliss-reactive ketones (excluding diaryl/α,β-unsaturated/α-hetero) is 1. The molecular weight excluding hydrogens is 504 g/mol. The summed E-state index contributed by atoms with van der Waals surface area (Å²) in [7, 11) is 0. The third-order valence-electron chi connectivity index (χ3n) is 5.36. The zero-order valence-electron chi connectivity index (χ0n) is 23.4. The summed E-state index contributed by atoms with van der Waals surface area (Å²) in [5, 5.41) is 2.49. The number of aromatic amines is 2. The number of carbonyl (C=O) groups is 1. The van der Waals surface area contributed by atoms with Gasteiger partial charge in [0.1, 0.15) is 5.01 Å². The topological polar surface area (TPSA) is 78.6 Å². The van der Waals surface area contributed by atoms with Crippen LogP contribution >= 0.6 is 11.3 Å². The molecule has 0 aliphatic heterocycles. The van der Waals surface area contributed by atoms with Crippen molar-refractivity contribution in [3.63, 3.8) is 0 Å². The molecule has 3 rings (SSSR count). The van der Waals surface area contributed by atoms with E-state index in [-0.39, 0.29) is 24.2 Å². The minimum absolute atomic E-state index is 0.0486. The zero-order chi connectivity index (χ0) is 28.7. The van der Waals surface area contributed by atoms with E-state index in [1.54, 1.807) is 19.1 Å². The third-order valence-corrected chi connectivity index (χ3v) is 6.23. The molecule has 3 aromatic heterocycles. The van der Waals surface area contributed by atoms with Gasteiger partial charge in [0.2, 0.25) is 5.92 Å². The van der Waals surface area contributed by atoms with Crippen LogP contribution in [0.1, 0.15) is 94.8 Å². The molecular formula is C30H41F2N3O2S. The van der Waals surface area contributed by atoms with Crippen LogP contribution in [0, 0.1) is 6.92 Å². The maximum Gasteiger partial charge on any atom is 0.258 e. The Kier molecular flexibility index (Phi) is 14.4. The summed E-state index contributed by atoms with van der Waals surface area (Å²) in [4.78, 5) is 34.1. The maximum absolute atomic E-state index is 12.6. The summed E-state index contributed by atoms with van der Waals surface area (Å²) >= 11 is 1.37. The van der Waals surface area contributed by atoms with Gasteiger partial charge < -0.3 is 9.97 Å². The molecule has 3 heterocycles. The van der Waals surface area contributed by atoms with E-state index in [4.69, 9.17) is 0 Å². The molecule has 0 fully saturated rings. The average Bonchev–Trinajstić information content (AvgIpc) is 3.49. The summed E-state index contributed by atoms with van der Waals surface area (Å²) in [5.41, 5.74) is 4.39. The van der Waals surface area contributed by atoms with Crippen molar-refractivity contribution in [2.75, 3.05) is 0 Å². The molecule has 0 unspecified atom stereocenters. The Bertz CT molecular complexity index is 1240. The van der Waals surface area contributed by atoms with Gasteiger partial charge in [-0.15, -0.1) is 11.3 Å². The fraction of sp³-hybridized carbons (Fsp3) is 0.433. The van der Waals surface area contributed by atoms with Crippen LogP contribution in [0.25, 0.3) is 27.9 Å². The first-order valence-corrected chi connectivity index (χ1v) is 14.0. The van der Waals surface area contributed by atoms with Gasteiger partial charge in [-0.2, -0.15) is 0 Å². The van der Waals surface area contributed by atoms with E-state index in [1.807, 2.05) is 37.6 Å². The van der Waals surface area contributed by atoms with Crippen LogP contribution in [0.15, 0.2) is 47.4 Å². The average molecular weight is 546 g/mol. The number of H-pyrrole nitrogens is 2. The maximum atomic E-state index is 12.6. The number of carbonyl (C=O) groups excluding carboxylic acids is 1. The summed E-state index contributed by atoms with van der Waals surface area (Å²) < 4.78 is 25.2. The lowest BCUT2D eigenvalue weighted by Gasteiger charge is -2.13. The fourth-order valence-electron chi connectivity index (χ4n) is 3.42. The zero-order valence-corrected chi connectivity index (χ0v) is 24.2. The summed E-state index contributed by atoms with van der Waals surface area (Å²) in [6.07, 6.45) is 12.3. The van der Waals surface area contributed by atoms with Crippen molar-refractivity contribution in [3.8, 4) is 21.8 Å². The predicted molar refractivity (Wildman–Crippen MR) is 157 cm³/mol. The Labute approximate surface area is 229 Å². The lowest BCUT2D eigenvalue weighted by molar-refractivity contribution is -0.0186. The van der Waals surface area contributed by atoms with Gasteiger partial charge in [-0.1, -0.05) is 71.8 Å². The molecule has 0 bridgehead atoms. The van der Waals surface area contributed by atoms with E-state index < -0.39 is 5.92 Å². The molecule has 208 valence electrons. The highest BCUT2D eigenvalue weighted by Gasteiger charge is 2.25. The van der Waals surface area contributed by atoms with Crippen LogP contribution in [-0.2, 0) is 0 Å². The number of nitrogens with one attached hydrogen (secondary N) is 2. The Balaban J connectivity index is 0.000000467. The van der Waals surface area contributed by atoms with E-state index in [1.165, 1.54) is 30.9 Å². The largest absolute Gasteiger partial charge is 0.364 e. The predicted octanol–water partition coefficient (Wildman–Crippen LogP) is 9.23. The quantitative estimate of drug-likeness (QED) is 0.197. The SMILES string of the molecule is C=C/C=C\c1c(-c2csc(-c3cc(C(C)=O)c[nH]c3=O)n2)c[nH]c1C.CCC.CCCCC(F)(F)CCC. The summed E-state index contributed by atoms with van der Waals surface area (Å²) in [6.45, 7) is 15.1. The van der Waals surface area contributed by atoms with Gasteiger partial charge in [0.15, 0.2) is 5.78 Å². The van der Waals surface area contributed by atoms with Gasteiger partial charge in [0.05, 0.1) is 11.3 Å². The molecule has 5 nitrogen and oxygen atoms in total. The van der Waals surface area contributed by atoms with Crippen LogP contribution in [0.3, 0.4) is 0 Å². The Hall–Kier alpha value is -3.13. The lowest BCUT2D eigenvalue weighted by Crippen LogP contribution is -2.14. The molecule has 2 N–H and O–H groups in total. The standard InChI is InChI=1S/C19H17N3O2S.C8H16F2.C3H8/c1-4-5-6-14-11(2)20-9-16(14)17-10-25-19(22-17)15-7-13(12(3)23)8-21-18(15)24;1-3-5-7-8(9,10)6-4-2;1-3-2/h4-10,20H,1H2,2-3H3,(H,21,24);3-7H2,1-2H3;3H2,1-2H3/b6-5-;;. The van der Waals surface area contributed by atoms with Crippen molar-refractivity contribution in [2.24, 2.45) is 0 Å². The minimum atomic E-state index is -2.40. The number of hydrogen-bond donors (Lipinski definition) is 2. The molecule has 0 saturated carbocycles. The summed E-state index contributed by atoms with van der Waals surface area (Å²) in [5.74, 6) is -2.50. The first kappa shape index (κ1) is 32.9. The lowest BCUT2D eigenvalue weighted by atomic mass is 10.1. The molecule has 0 aliphatic carbocycles. The molecule has 0 amide bonds. The molecule has 8 heteroatoms. The fourth-order valence-corrected chi connectivity index (χ4v) is 4.25. The van der Waals surface area contributed by atoms with E-state index in [9.17, 15) is 18.4 Å². The van der Waals surface area contributed by atoms with Gasteiger partial charge in [0, 0.05) is 53.0 Å². The number of alkyl halides is 2. The molecule has 0 radical (unpaired) electrons. The second-order valence-electron chi connectivity index (χ2n) is 8.98. The Morgan fingerprint density at radius 1 is 1.11 bits per heavy atom. The number of nitrogens with zero attached hydrogens (tertiary/aromatic N) is 1. The van der Waals surface area contributed by atoms with E-state index in [0.717, 1.165) is 28.9 Å². The van der Waals surface area contributed by atoms with Crippen molar-refractivity contribution in [3.05, 3.63) is 69.7 Å². The van der Waals surface area contributed by atoms with Crippen molar-refractivity contribution in [2.45, 2.75) is 86.0 Å². The molecule has 0 aliphatic rings. The van der Waals surface area contributed by atoms with Crippen LogP contribution in [0.4, 0.5) is 8.78 Å². The smallest absolute Gasteiger partial charge is 0.258 e. The number of thiazole rings is 1. The molecule has 3 aromatic rings. The Morgan fingerprint density at radius 2 is 1.79 bits per heavy atom. The van der Waals surface area contributed by atoms with Gasteiger partial charge in [0.25, 0.3) is 5.56 Å². The van der Waals surface area contributed by atoms with Crippen molar-refractivity contribution >= 4 is 23.2 Å². The number of ketones is 1. The molecule has 0 atom stereocenters. The van der Waals surface area contributed by atoms with Crippen LogP contribution in [-0.4, -0.2) is 26.7 Å². The molecule has 38 heavy (non-hydrogen) atoms. The van der Waals surface area contributed by atoms with Crippen LogP contribution in [0.2, 0.25) is 0 Å². The van der Waals surface area contributed by atoms with Gasteiger partial charge >= 0.3 is 0 Å². The molecule has 0 saturated heterocycles. The van der Waals surface area contributed by atoms with E-state index in [0.29, 0.717) is 29.0 Å². The van der Waals surface area contributed by atoms with Gasteiger partial charge in [-0.3, -0.25) is 9.59 Å². The van der Waals surface area contributed by atoms with Crippen molar-refractivity contribution in [1.29, 1.82) is 0 Å². The van der Waals surface area contributed by atoms with Gasteiger partial charge in [-0.05, 0) is 26.3 Å². The normalized spacial score (nSPS) is 10.9. The second-order valence-corrected chi connectivity index (χ2v) is 9.84. The summed E-state index contributed by atoms with van der Waals surface area (Å²) in [6, 6.07) is 1.59. The van der Waals surface area contributed by atoms with Crippen molar-refractivity contribution < 1.29 is 13.6 Å². The van der Waals surface area contributed by atoms with Gasteiger partial charge in [-0.25, -0.2) is 13.8 Å². The minimum Gasteiger partial charge on any atom is -0.364 e. The van der Waals surface area contributed by atoms with Crippen LogP contribution < -0.4 is 5.56 Å². The number of pyridine rings is 1. The second kappa shape index (κ2) is 16.7. The number of allylic oxidation sites excluding steroid dienone is 2. The number of aromatic nitrogens is 3. The van der Waals surface area contributed by atoms with Crippen molar-refractivity contribution in [1.82, 2.24) is 15.0 Å². The number of rotatable bonds is 10. The highest BCUT2D eigenvalue weighted by atomic mass is 32.1. The van der Waals surface area contributed by atoms with E-state index >= 15 is 0 Å². The van der Waals surface area contributed by atoms with E-state index in [2.05, 4.69) is 35.4 Å². The third kappa shape index (κ3) is 10.3. The van der Waals surface area contributed by atoms with Crippen LogP contribution in [0.5, 0.6) is 0 Å². The number of hydrogen-bond acceptors (Lipinski definition) is 4. The molecule has 0 aromatic carbocycles. The first-order chi connectivity index (χ1) is 18.0. The highest BCUT2D eigenvalue weighted by molar-refractivity contribution is 7.13. The number of unbranched alkanes of at least 4 members (excludes halogenated alkanes) is 1. The monoisotopic (exact) mass is 545 g/mol. The molecule has 0 spiro atoms. The first-order valence-electron chi connectivity index (χ1n) is 13.1. The Morgan fingerprint density at radius 3 is 2.37 bits per heavy atom. The highest BCUT2D eigenvalue weighted by Crippen LogP contribution is 2.31. The number of aryl methyl sites for hydroxylation is 1.